The first-order chi connectivity index (χ1) is 13.2. The number of nitrogens with zero attached hydrogens (tertiary/aromatic N) is 3. The molecule has 3 aliphatic rings. The van der Waals surface area contributed by atoms with Crippen LogP contribution in [0.3, 0.4) is 0 Å². The Morgan fingerprint density at radius 2 is 1.89 bits per heavy atom. The molecule has 2 saturated heterocycles. The molecule has 144 valence electrons. The van der Waals surface area contributed by atoms with E-state index in [0.717, 1.165) is 50.2 Å². The van der Waals surface area contributed by atoms with E-state index < -0.39 is 0 Å². The molecule has 3 heterocycles. The summed E-state index contributed by atoms with van der Waals surface area (Å²) in [6.45, 7) is 1.66. The molecule has 2 atom stereocenters. The lowest BCUT2D eigenvalue weighted by atomic mass is 9.81. The van der Waals surface area contributed by atoms with Gasteiger partial charge < -0.3 is 19.3 Å². The van der Waals surface area contributed by atoms with E-state index in [9.17, 15) is 5.11 Å². The summed E-state index contributed by atoms with van der Waals surface area (Å²) >= 11 is 0. The van der Waals surface area contributed by atoms with Crippen molar-refractivity contribution in [1.29, 1.82) is 0 Å². The van der Waals surface area contributed by atoms with Gasteiger partial charge >= 0.3 is 0 Å². The van der Waals surface area contributed by atoms with E-state index in [1.807, 2.05) is 18.2 Å². The number of hydrogen-bond donors (Lipinski definition) is 1. The Morgan fingerprint density at radius 3 is 2.59 bits per heavy atom. The number of ether oxygens (including phenoxy) is 1. The summed E-state index contributed by atoms with van der Waals surface area (Å²) in [5.74, 6) is 1.97. The van der Waals surface area contributed by atoms with Crippen molar-refractivity contribution in [3.63, 3.8) is 0 Å². The van der Waals surface area contributed by atoms with Crippen LogP contribution in [-0.2, 0) is 4.74 Å². The van der Waals surface area contributed by atoms with Gasteiger partial charge in [-0.05, 0) is 36.4 Å². The largest absolute Gasteiger partial charge is 0.393 e. The minimum Gasteiger partial charge on any atom is -0.393 e. The third-order valence-corrected chi connectivity index (χ3v) is 6.50. The van der Waals surface area contributed by atoms with Crippen molar-refractivity contribution < 1.29 is 14.4 Å². The molecule has 1 aromatic carbocycles. The highest BCUT2D eigenvalue weighted by Gasteiger charge is 2.44. The van der Waals surface area contributed by atoms with Gasteiger partial charge in [-0.25, -0.2) is 0 Å². The highest BCUT2D eigenvalue weighted by atomic mass is 16.5. The van der Waals surface area contributed by atoms with Crippen LogP contribution in [-0.4, -0.2) is 40.0 Å². The summed E-state index contributed by atoms with van der Waals surface area (Å²) in [5.41, 5.74) is 0.899. The van der Waals surface area contributed by atoms with Crippen LogP contribution in [0.2, 0.25) is 0 Å². The maximum absolute atomic E-state index is 10.5. The van der Waals surface area contributed by atoms with E-state index >= 15 is 0 Å². The average molecular weight is 369 g/mol. The molecule has 1 saturated carbocycles. The number of rotatable bonds is 3. The molecule has 1 aliphatic carbocycles. The predicted molar refractivity (Wildman–Crippen MR) is 101 cm³/mol. The average Bonchev–Trinajstić information content (AvgIpc) is 3.10. The molecular weight excluding hydrogens is 342 g/mol. The Kier molecular flexibility index (Phi) is 4.40. The normalized spacial score (nSPS) is 28.3. The van der Waals surface area contributed by atoms with Crippen LogP contribution in [0.5, 0.6) is 0 Å². The van der Waals surface area contributed by atoms with Crippen LogP contribution in [0.4, 0.5) is 5.95 Å². The van der Waals surface area contributed by atoms with E-state index in [-0.39, 0.29) is 17.8 Å². The van der Waals surface area contributed by atoms with Gasteiger partial charge in [-0.1, -0.05) is 36.8 Å². The van der Waals surface area contributed by atoms with E-state index in [0.29, 0.717) is 24.7 Å². The number of benzene rings is 1. The van der Waals surface area contributed by atoms with Gasteiger partial charge in [0.2, 0.25) is 5.89 Å². The van der Waals surface area contributed by atoms with Gasteiger partial charge in [0.25, 0.3) is 5.95 Å². The second-order valence-electron chi connectivity index (χ2n) is 8.34. The van der Waals surface area contributed by atoms with Crippen LogP contribution >= 0.6 is 0 Å². The SMILES string of the molecule is O[C@H]1C[C@H](c2ccccc2)OC2(CCN(c3noc(C4CCC4)n3)CC2)C1. The van der Waals surface area contributed by atoms with E-state index in [2.05, 4.69) is 27.2 Å². The molecule has 0 bridgehead atoms. The van der Waals surface area contributed by atoms with Crippen molar-refractivity contribution in [3.8, 4) is 0 Å². The van der Waals surface area contributed by atoms with Gasteiger partial charge in [0.15, 0.2) is 0 Å². The van der Waals surface area contributed by atoms with Gasteiger partial charge in [0, 0.05) is 31.8 Å². The first-order valence-electron chi connectivity index (χ1n) is 10.2. The quantitative estimate of drug-likeness (QED) is 0.891. The van der Waals surface area contributed by atoms with Crippen molar-refractivity contribution in [2.24, 2.45) is 0 Å². The Balaban J connectivity index is 1.26. The second-order valence-corrected chi connectivity index (χ2v) is 8.34. The lowest BCUT2D eigenvalue weighted by molar-refractivity contribution is -0.173. The molecule has 0 radical (unpaired) electrons. The number of hydrogen-bond acceptors (Lipinski definition) is 6. The minimum atomic E-state index is -0.314. The number of piperidine rings is 1. The van der Waals surface area contributed by atoms with Crippen LogP contribution in [0.1, 0.15) is 68.4 Å². The first kappa shape index (κ1) is 17.2. The fraction of sp³-hybridized carbons (Fsp3) is 0.619. The third kappa shape index (κ3) is 3.36. The summed E-state index contributed by atoms with van der Waals surface area (Å²) in [5, 5.41) is 14.7. The highest BCUT2D eigenvalue weighted by Crippen LogP contribution is 2.43. The molecular formula is C21H27N3O3. The lowest BCUT2D eigenvalue weighted by Gasteiger charge is -2.47. The van der Waals surface area contributed by atoms with Crippen LogP contribution in [0, 0.1) is 0 Å². The molecule has 3 fully saturated rings. The smallest absolute Gasteiger partial charge is 0.266 e. The van der Waals surface area contributed by atoms with E-state index in [4.69, 9.17) is 9.26 Å². The fourth-order valence-corrected chi connectivity index (χ4v) is 4.64. The molecule has 0 unspecified atom stereocenters. The van der Waals surface area contributed by atoms with Gasteiger partial charge in [0.1, 0.15) is 0 Å². The van der Waals surface area contributed by atoms with Gasteiger partial charge in [-0.3, -0.25) is 0 Å². The minimum absolute atomic E-state index is 0.0307. The summed E-state index contributed by atoms with van der Waals surface area (Å²) in [7, 11) is 0. The van der Waals surface area contributed by atoms with Crippen molar-refractivity contribution in [3.05, 3.63) is 41.8 Å². The molecule has 27 heavy (non-hydrogen) atoms. The Labute approximate surface area is 159 Å². The Hall–Kier alpha value is -1.92. The van der Waals surface area contributed by atoms with Crippen molar-refractivity contribution in [2.45, 2.75) is 68.7 Å². The zero-order valence-corrected chi connectivity index (χ0v) is 15.6. The maximum Gasteiger partial charge on any atom is 0.266 e. The van der Waals surface area contributed by atoms with Gasteiger partial charge in [0.05, 0.1) is 17.8 Å². The summed E-state index contributed by atoms with van der Waals surface area (Å²) in [6, 6.07) is 10.3. The zero-order chi connectivity index (χ0) is 18.3. The topological polar surface area (TPSA) is 71.6 Å². The lowest BCUT2D eigenvalue weighted by Crippen LogP contribution is -2.51. The monoisotopic (exact) mass is 369 g/mol. The molecule has 1 aromatic heterocycles. The number of aliphatic hydroxyl groups excluding tert-OH is 1. The van der Waals surface area contributed by atoms with Crippen molar-refractivity contribution >= 4 is 5.95 Å². The fourth-order valence-electron chi connectivity index (χ4n) is 4.64. The number of anilines is 1. The van der Waals surface area contributed by atoms with E-state index in [1.54, 1.807) is 0 Å². The molecule has 5 rings (SSSR count). The molecule has 2 aromatic rings. The van der Waals surface area contributed by atoms with Crippen LogP contribution in [0.15, 0.2) is 34.9 Å². The third-order valence-electron chi connectivity index (χ3n) is 6.50. The number of aromatic nitrogens is 2. The standard InChI is InChI=1S/C21H27N3O3/c25-17-13-18(15-5-2-1-3-6-15)26-21(14-17)9-11-24(12-10-21)20-22-19(27-23-20)16-7-4-8-16/h1-3,5-6,16-18,25H,4,7-14H2/t17-,18+/m0/s1. The van der Waals surface area contributed by atoms with Crippen molar-refractivity contribution in [2.75, 3.05) is 18.0 Å². The maximum atomic E-state index is 10.5. The molecule has 2 aliphatic heterocycles. The summed E-state index contributed by atoms with van der Waals surface area (Å²) in [6.07, 6.45) is 6.38. The predicted octanol–water partition coefficient (Wildman–Crippen LogP) is 3.59. The van der Waals surface area contributed by atoms with Gasteiger partial charge in [-0.15, -0.1) is 0 Å². The summed E-state index contributed by atoms with van der Waals surface area (Å²) in [4.78, 5) is 6.82. The molecule has 1 spiro atoms. The van der Waals surface area contributed by atoms with E-state index in [1.165, 1.54) is 6.42 Å². The Bertz CT molecular complexity index is 766. The summed E-state index contributed by atoms with van der Waals surface area (Å²) < 4.78 is 12.1. The molecule has 6 heteroatoms. The van der Waals surface area contributed by atoms with Crippen LogP contribution in [0.25, 0.3) is 0 Å². The number of aliphatic hydroxyl groups is 1. The van der Waals surface area contributed by atoms with Crippen LogP contribution < -0.4 is 4.90 Å². The Morgan fingerprint density at radius 1 is 1.11 bits per heavy atom. The molecule has 1 N–H and O–H groups in total. The van der Waals surface area contributed by atoms with Crippen molar-refractivity contribution in [1.82, 2.24) is 10.1 Å². The molecule has 6 nitrogen and oxygen atoms in total. The zero-order valence-electron chi connectivity index (χ0n) is 15.6. The second kappa shape index (κ2) is 6.91. The first-order valence-corrected chi connectivity index (χ1v) is 10.2. The molecule has 0 amide bonds. The highest BCUT2D eigenvalue weighted by molar-refractivity contribution is 5.30. The van der Waals surface area contributed by atoms with Gasteiger partial charge in [-0.2, -0.15) is 4.98 Å².